The number of aromatic nitrogens is 3. The molecule has 0 amide bonds. The van der Waals surface area contributed by atoms with Crippen molar-refractivity contribution in [3.05, 3.63) is 71.9 Å². The van der Waals surface area contributed by atoms with E-state index in [1.165, 1.54) is 76.9 Å². The third-order valence-electron chi connectivity index (χ3n) is 12.4. The van der Waals surface area contributed by atoms with Crippen molar-refractivity contribution < 1.29 is 19.0 Å². The molecule has 3 saturated heterocycles. The number of imidazole rings is 1. The van der Waals surface area contributed by atoms with Crippen LogP contribution in [0.25, 0.3) is 22.3 Å². The normalized spacial score (nSPS) is 23.1. The molecule has 5 heterocycles. The maximum absolute atomic E-state index is 15.8. The highest BCUT2D eigenvalue weighted by Gasteiger charge is 2.46. The molecule has 1 N–H and O–H groups in total. The summed E-state index contributed by atoms with van der Waals surface area (Å²) < 4.78 is 23.6. The Morgan fingerprint density at radius 1 is 0.961 bits per heavy atom. The number of hydrogen-bond acceptors (Lipinski definition) is 8. The molecule has 3 aliphatic heterocycles. The third-order valence-corrected chi connectivity index (χ3v) is 12.4. The number of pyridine rings is 1. The van der Waals surface area contributed by atoms with Crippen molar-refractivity contribution >= 4 is 22.5 Å². The largest absolute Gasteiger partial charge is 0.496 e. The highest BCUT2D eigenvalue weighted by atomic mass is 19.1. The summed E-state index contributed by atoms with van der Waals surface area (Å²) >= 11 is 0. The van der Waals surface area contributed by atoms with Crippen LogP contribution < -0.4 is 9.64 Å². The lowest BCUT2D eigenvalue weighted by atomic mass is 9.71. The topological polar surface area (TPSA) is 87.0 Å². The average Bonchev–Trinajstić information content (AvgIpc) is 3.51. The number of fused-ring (bicyclic) bond motifs is 1. The van der Waals surface area contributed by atoms with Crippen LogP contribution in [-0.2, 0) is 6.42 Å². The number of carbonyl (C=O) groups is 1. The van der Waals surface area contributed by atoms with Gasteiger partial charge in [-0.15, -0.1) is 0 Å². The van der Waals surface area contributed by atoms with Gasteiger partial charge in [-0.1, -0.05) is 12.1 Å². The molecule has 10 heteroatoms. The van der Waals surface area contributed by atoms with Crippen molar-refractivity contribution in [2.24, 2.45) is 5.41 Å². The molecular weight excluding hydrogens is 643 g/mol. The number of likely N-dealkylation sites (tertiary alicyclic amines) is 2. The van der Waals surface area contributed by atoms with Crippen molar-refractivity contribution in [1.29, 1.82) is 0 Å². The summed E-state index contributed by atoms with van der Waals surface area (Å²) in [6.07, 6.45) is 10.0. The number of piperidine rings is 2. The van der Waals surface area contributed by atoms with Gasteiger partial charge in [0.15, 0.2) is 11.6 Å². The number of benzene rings is 2. The maximum atomic E-state index is 15.8. The first-order valence-electron chi connectivity index (χ1n) is 19.0. The fourth-order valence-electron chi connectivity index (χ4n) is 9.25. The molecule has 51 heavy (non-hydrogen) atoms. The summed E-state index contributed by atoms with van der Waals surface area (Å²) in [5.41, 5.74) is 4.43. The molecule has 0 unspecified atom stereocenters. The van der Waals surface area contributed by atoms with Gasteiger partial charge in [-0.25, -0.2) is 9.37 Å². The van der Waals surface area contributed by atoms with E-state index in [0.717, 1.165) is 55.6 Å². The number of para-hydroxylation sites is 1. The standard InChI is InChI=1S/C41H51FN6O3/c1-45-23-18-41(19-24-45)26-47(27-41)28-16-21-46(22-17-28)30-9-12-34-35(25-30)48(29-7-10-31(49)11-8-29)38(44-34)14-13-36(50)32-15-20-43-40(39(32)42)33-5-3-4-6-37(33)51-2/h3-6,9,12,15,20,25,28-29,31,49H,7-8,10-11,13-14,16-19,21-24,26-27H2,1-2H3. The minimum atomic E-state index is -0.634. The van der Waals surface area contributed by atoms with Gasteiger partial charge >= 0.3 is 0 Å². The lowest BCUT2D eigenvalue weighted by Gasteiger charge is -2.57. The Morgan fingerprint density at radius 3 is 2.45 bits per heavy atom. The number of anilines is 1. The van der Waals surface area contributed by atoms with E-state index < -0.39 is 5.82 Å². The Morgan fingerprint density at radius 2 is 1.71 bits per heavy atom. The number of rotatable bonds is 9. The summed E-state index contributed by atoms with van der Waals surface area (Å²) in [7, 11) is 3.78. The van der Waals surface area contributed by atoms with Crippen LogP contribution in [0.15, 0.2) is 54.7 Å². The molecule has 4 aliphatic rings. The number of aryl methyl sites for hydroxylation is 1. The highest BCUT2D eigenvalue weighted by Crippen LogP contribution is 2.43. The molecule has 4 aromatic rings. The predicted molar refractivity (Wildman–Crippen MR) is 198 cm³/mol. The first kappa shape index (κ1) is 34.2. The summed E-state index contributed by atoms with van der Waals surface area (Å²) in [5.74, 6) is 0.429. The van der Waals surface area contributed by atoms with E-state index in [1.54, 1.807) is 18.2 Å². The molecule has 2 aromatic carbocycles. The van der Waals surface area contributed by atoms with Gasteiger partial charge in [0.25, 0.3) is 0 Å². The number of methoxy groups -OCH3 is 1. The minimum Gasteiger partial charge on any atom is -0.496 e. The Bertz CT molecular complexity index is 1860. The highest BCUT2D eigenvalue weighted by molar-refractivity contribution is 5.97. The molecule has 1 spiro atoms. The number of hydrogen-bond donors (Lipinski definition) is 1. The molecule has 270 valence electrons. The van der Waals surface area contributed by atoms with Gasteiger partial charge in [0.1, 0.15) is 17.3 Å². The Hall–Kier alpha value is -3.86. The van der Waals surface area contributed by atoms with Gasteiger partial charge in [0.2, 0.25) is 0 Å². The van der Waals surface area contributed by atoms with Crippen LogP contribution in [-0.4, -0.2) is 101 Å². The Balaban J connectivity index is 0.989. The van der Waals surface area contributed by atoms with Gasteiger partial charge in [-0.05, 0) is 113 Å². The number of aliphatic hydroxyl groups is 1. The van der Waals surface area contributed by atoms with Crippen molar-refractivity contribution in [1.82, 2.24) is 24.3 Å². The first-order chi connectivity index (χ1) is 24.8. The molecule has 8 rings (SSSR count). The van der Waals surface area contributed by atoms with Gasteiger partial charge in [0, 0.05) is 68.6 Å². The zero-order chi connectivity index (χ0) is 35.1. The summed E-state index contributed by atoms with van der Waals surface area (Å²) in [6.45, 7) is 7.10. The van der Waals surface area contributed by atoms with Crippen LogP contribution in [0.5, 0.6) is 5.75 Å². The third kappa shape index (κ3) is 6.78. The second-order valence-electron chi connectivity index (χ2n) is 15.6. The molecule has 0 bridgehead atoms. The lowest BCUT2D eigenvalue weighted by Crippen LogP contribution is -2.63. The van der Waals surface area contributed by atoms with Crippen molar-refractivity contribution in [2.75, 3.05) is 58.3 Å². The van der Waals surface area contributed by atoms with Crippen LogP contribution in [0.3, 0.4) is 0 Å². The number of ether oxygens (including phenoxy) is 1. The summed E-state index contributed by atoms with van der Waals surface area (Å²) in [6, 6.07) is 16.1. The van der Waals surface area contributed by atoms with Crippen LogP contribution >= 0.6 is 0 Å². The van der Waals surface area contributed by atoms with E-state index in [-0.39, 0.29) is 35.6 Å². The fraction of sp³-hybridized carbons (Fsp3) is 0.537. The number of carbonyl (C=O) groups excluding carboxylic acids is 1. The van der Waals surface area contributed by atoms with Crippen molar-refractivity contribution in [2.45, 2.75) is 82.4 Å². The van der Waals surface area contributed by atoms with Gasteiger partial charge in [-0.3, -0.25) is 14.7 Å². The fourth-order valence-corrected chi connectivity index (χ4v) is 9.25. The zero-order valence-electron chi connectivity index (χ0n) is 30.1. The number of Topliss-reactive ketones (excluding diaryl/α,β-unsaturated/α-hetero) is 1. The molecule has 1 saturated carbocycles. The molecule has 0 atom stereocenters. The monoisotopic (exact) mass is 694 g/mol. The smallest absolute Gasteiger partial charge is 0.166 e. The van der Waals surface area contributed by atoms with Gasteiger partial charge in [-0.2, -0.15) is 0 Å². The second kappa shape index (κ2) is 14.3. The number of halogens is 1. The molecule has 2 aromatic heterocycles. The molecule has 9 nitrogen and oxygen atoms in total. The van der Waals surface area contributed by atoms with E-state index in [1.807, 2.05) is 6.07 Å². The quantitative estimate of drug-likeness (QED) is 0.198. The van der Waals surface area contributed by atoms with Crippen molar-refractivity contribution in [3.8, 4) is 17.0 Å². The SMILES string of the molecule is COc1ccccc1-c1nccc(C(=O)CCc2nc3ccc(N4CCC(N5CC6(CCN(C)CC6)C5)CC4)cc3n2C2CCC(O)CC2)c1F. The van der Waals surface area contributed by atoms with Crippen LogP contribution in [0.2, 0.25) is 0 Å². The summed E-state index contributed by atoms with van der Waals surface area (Å²) in [5, 5.41) is 10.3. The van der Waals surface area contributed by atoms with Gasteiger partial charge < -0.3 is 24.2 Å². The first-order valence-corrected chi connectivity index (χ1v) is 19.0. The van der Waals surface area contributed by atoms with E-state index in [4.69, 9.17) is 9.72 Å². The lowest BCUT2D eigenvalue weighted by molar-refractivity contribution is -0.0704. The molecular formula is C41H51FN6O3. The molecule has 4 fully saturated rings. The Kier molecular flexibility index (Phi) is 9.59. The number of nitrogens with zero attached hydrogens (tertiary/aromatic N) is 6. The van der Waals surface area contributed by atoms with E-state index in [9.17, 15) is 9.90 Å². The number of ketones is 1. The van der Waals surface area contributed by atoms with E-state index >= 15 is 4.39 Å². The summed E-state index contributed by atoms with van der Waals surface area (Å²) in [4.78, 5) is 30.7. The number of aliphatic hydroxyl groups excluding tert-OH is 1. The average molecular weight is 695 g/mol. The Labute approximate surface area is 300 Å². The van der Waals surface area contributed by atoms with Crippen LogP contribution in [0.1, 0.15) is 80.0 Å². The second-order valence-corrected chi connectivity index (χ2v) is 15.6. The predicted octanol–water partition coefficient (Wildman–Crippen LogP) is 6.53. The minimum absolute atomic E-state index is 0.0276. The zero-order valence-corrected chi connectivity index (χ0v) is 30.1. The van der Waals surface area contributed by atoms with Crippen LogP contribution in [0, 0.1) is 11.2 Å². The van der Waals surface area contributed by atoms with Gasteiger partial charge in [0.05, 0.1) is 29.8 Å². The van der Waals surface area contributed by atoms with Crippen LogP contribution in [0.4, 0.5) is 10.1 Å². The maximum Gasteiger partial charge on any atom is 0.166 e. The van der Waals surface area contributed by atoms with Crippen molar-refractivity contribution in [3.63, 3.8) is 0 Å². The van der Waals surface area contributed by atoms with E-state index in [2.05, 4.69) is 49.5 Å². The molecule has 0 radical (unpaired) electrons. The molecule has 1 aliphatic carbocycles. The van der Waals surface area contributed by atoms with E-state index in [0.29, 0.717) is 29.2 Å².